The maximum atomic E-state index is 12.4. The lowest BCUT2D eigenvalue weighted by Crippen LogP contribution is -2.57. The van der Waals surface area contributed by atoms with Gasteiger partial charge in [0.05, 0.1) is 31.7 Å². The van der Waals surface area contributed by atoms with Crippen LogP contribution in [0.15, 0.2) is 24.3 Å². The van der Waals surface area contributed by atoms with Gasteiger partial charge in [0.15, 0.2) is 0 Å². The Morgan fingerprint density at radius 1 is 1.26 bits per heavy atom. The molecule has 0 unspecified atom stereocenters. The molecule has 0 radical (unpaired) electrons. The highest BCUT2D eigenvalue weighted by molar-refractivity contribution is 6.30. The van der Waals surface area contributed by atoms with Crippen LogP contribution in [0.3, 0.4) is 0 Å². The van der Waals surface area contributed by atoms with E-state index in [2.05, 4.69) is 4.90 Å². The minimum absolute atomic E-state index is 0.0903. The van der Waals surface area contributed by atoms with Gasteiger partial charge in [-0.05, 0) is 17.7 Å². The zero-order chi connectivity index (χ0) is 16.3. The van der Waals surface area contributed by atoms with E-state index in [1.165, 1.54) is 0 Å². The Labute approximate surface area is 141 Å². The van der Waals surface area contributed by atoms with Crippen molar-refractivity contribution < 1.29 is 14.6 Å². The van der Waals surface area contributed by atoms with Crippen molar-refractivity contribution in [3.05, 3.63) is 34.9 Å². The Bertz CT molecular complexity index is 549. The Balaban J connectivity index is 1.47. The Morgan fingerprint density at radius 3 is 2.57 bits per heavy atom. The van der Waals surface area contributed by atoms with Crippen molar-refractivity contribution >= 4 is 17.5 Å². The third kappa shape index (κ3) is 4.04. The van der Waals surface area contributed by atoms with Crippen LogP contribution in [-0.4, -0.2) is 73.4 Å². The molecule has 2 fully saturated rings. The molecule has 0 aliphatic carbocycles. The van der Waals surface area contributed by atoms with E-state index in [1.807, 2.05) is 29.2 Å². The van der Waals surface area contributed by atoms with Gasteiger partial charge in [0.25, 0.3) is 0 Å². The SMILES string of the molecule is O=C(Cc1cccc(Cl)c1)N1CCN(CC2(CO)COC2)CC1. The lowest BCUT2D eigenvalue weighted by Gasteiger charge is -2.45. The van der Waals surface area contributed by atoms with Gasteiger partial charge in [-0.3, -0.25) is 9.69 Å². The van der Waals surface area contributed by atoms with Crippen LogP contribution in [0.4, 0.5) is 0 Å². The highest BCUT2D eigenvalue weighted by atomic mass is 35.5. The molecule has 1 N–H and O–H groups in total. The largest absolute Gasteiger partial charge is 0.396 e. The average molecular weight is 339 g/mol. The molecule has 3 rings (SSSR count). The average Bonchev–Trinajstić information content (AvgIpc) is 2.51. The number of aliphatic hydroxyl groups excluding tert-OH is 1. The normalized spacial score (nSPS) is 21.0. The summed E-state index contributed by atoms with van der Waals surface area (Å²) < 4.78 is 5.24. The number of amides is 1. The van der Waals surface area contributed by atoms with Gasteiger partial charge in [0, 0.05) is 37.7 Å². The van der Waals surface area contributed by atoms with Crippen molar-refractivity contribution in [2.45, 2.75) is 6.42 Å². The summed E-state index contributed by atoms with van der Waals surface area (Å²) >= 11 is 5.97. The van der Waals surface area contributed by atoms with Gasteiger partial charge in [0.1, 0.15) is 0 Å². The maximum absolute atomic E-state index is 12.4. The molecule has 2 aliphatic rings. The van der Waals surface area contributed by atoms with Crippen LogP contribution in [0.2, 0.25) is 5.02 Å². The second-order valence-electron chi connectivity index (χ2n) is 6.61. The monoisotopic (exact) mass is 338 g/mol. The van der Waals surface area contributed by atoms with Crippen LogP contribution in [0.1, 0.15) is 5.56 Å². The number of rotatable bonds is 5. The van der Waals surface area contributed by atoms with Crippen LogP contribution in [0.25, 0.3) is 0 Å². The van der Waals surface area contributed by atoms with Gasteiger partial charge < -0.3 is 14.7 Å². The minimum Gasteiger partial charge on any atom is -0.396 e. The summed E-state index contributed by atoms with van der Waals surface area (Å²) in [7, 11) is 0. The molecule has 5 nitrogen and oxygen atoms in total. The molecule has 2 heterocycles. The molecule has 6 heteroatoms. The zero-order valence-corrected chi connectivity index (χ0v) is 14.0. The van der Waals surface area contributed by atoms with Crippen LogP contribution in [0.5, 0.6) is 0 Å². The van der Waals surface area contributed by atoms with Gasteiger partial charge >= 0.3 is 0 Å². The molecule has 0 spiro atoms. The van der Waals surface area contributed by atoms with Crippen LogP contribution >= 0.6 is 11.6 Å². The standard InChI is InChI=1S/C17H23ClN2O3/c18-15-3-1-2-14(8-15)9-16(22)20-6-4-19(5-7-20)10-17(11-21)12-23-13-17/h1-3,8,21H,4-7,9-13H2. The van der Waals surface area contributed by atoms with Gasteiger partial charge in [-0.1, -0.05) is 23.7 Å². The molecule has 0 bridgehead atoms. The predicted octanol–water partition coefficient (Wildman–Crippen LogP) is 1.04. The Hall–Kier alpha value is -1.14. The number of hydrogen-bond donors (Lipinski definition) is 1. The van der Waals surface area contributed by atoms with Gasteiger partial charge in [-0.15, -0.1) is 0 Å². The first-order valence-corrected chi connectivity index (χ1v) is 8.41. The molecular formula is C17H23ClN2O3. The second kappa shape index (κ2) is 7.18. The van der Waals surface area contributed by atoms with Crippen molar-refractivity contribution in [3.63, 3.8) is 0 Å². The topological polar surface area (TPSA) is 53.0 Å². The molecule has 0 aromatic heterocycles. The maximum Gasteiger partial charge on any atom is 0.227 e. The first-order chi connectivity index (χ1) is 11.1. The molecule has 1 amide bonds. The van der Waals surface area contributed by atoms with Crippen LogP contribution in [0, 0.1) is 5.41 Å². The smallest absolute Gasteiger partial charge is 0.227 e. The number of piperazine rings is 1. The van der Waals surface area contributed by atoms with Crippen molar-refractivity contribution in [2.75, 3.05) is 52.5 Å². The van der Waals surface area contributed by atoms with Crippen molar-refractivity contribution in [3.8, 4) is 0 Å². The Morgan fingerprint density at radius 2 is 2.00 bits per heavy atom. The van der Waals surface area contributed by atoms with E-state index in [-0.39, 0.29) is 17.9 Å². The summed E-state index contributed by atoms with van der Waals surface area (Å²) in [6, 6.07) is 7.46. The fourth-order valence-corrected chi connectivity index (χ4v) is 3.40. The van der Waals surface area contributed by atoms with Crippen molar-refractivity contribution in [1.29, 1.82) is 0 Å². The van der Waals surface area contributed by atoms with E-state index in [4.69, 9.17) is 16.3 Å². The van der Waals surface area contributed by atoms with Crippen LogP contribution < -0.4 is 0 Å². The molecule has 126 valence electrons. The molecular weight excluding hydrogens is 316 g/mol. The van der Waals surface area contributed by atoms with Crippen LogP contribution in [-0.2, 0) is 16.0 Å². The molecule has 2 aliphatic heterocycles. The Kier molecular flexibility index (Phi) is 5.21. The highest BCUT2D eigenvalue weighted by Crippen LogP contribution is 2.28. The second-order valence-corrected chi connectivity index (χ2v) is 7.05. The first-order valence-electron chi connectivity index (χ1n) is 8.03. The fraction of sp³-hybridized carbons (Fsp3) is 0.588. The number of ether oxygens (including phenoxy) is 1. The van der Waals surface area contributed by atoms with Gasteiger partial charge in [-0.2, -0.15) is 0 Å². The molecule has 1 aromatic rings. The van der Waals surface area contributed by atoms with E-state index in [9.17, 15) is 9.90 Å². The quantitative estimate of drug-likeness (QED) is 0.871. The summed E-state index contributed by atoms with van der Waals surface area (Å²) in [4.78, 5) is 16.6. The zero-order valence-electron chi connectivity index (χ0n) is 13.2. The molecule has 0 atom stereocenters. The molecule has 0 saturated carbocycles. The summed E-state index contributed by atoms with van der Waals surface area (Å²) in [6.45, 7) is 5.46. The number of aliphatic hydroxyl groups is 1. The summed E-state index contributed by atoms with van der Waals surface area (Å²) in [5, 5.41) is 10.2. The molecule has 1 aromatic carbocycles. The molecule has 2 saturated heterocycles. The summed E-state index contributed by atoms with van der Waals surface area (Å²) in [5.74, 6) is 0.149. The number of halogens is 1. The number of carbonyl (C=O) groups is 1. The fourth-order valence-electron chi connectivity index (χ4n) is 3.19. The van der Waals surface area contributed by atoms with E-state index in [0.29, 0.717) is 24.7 Å². The minimum atomic E-state index is -0.0903. The number of carbonyl (C=O) groups excluding carboxylic acids is 1. The van der Waals surface area contributed by atoms with E-state index in [1.54, 1.807) is 0 Å². The summed E-state index contributed by atoms with van der Waals surface area (Å²) in [6.07, 6.45) is 0.398. The third-order valence-electron chi connectivity index (χ3n) is 4.68. The highest BCUT2D eigenvalue weighted by Gasteiger charge is 2.40. The van der Waals surface area contributed by atoms with E-state index < -0.39 is 0 Å². The number of nitrogens with zero attached hydrogens (tertiary/aromatic N) is 2. The number of benzene rings is 1. The van der Waals surface area contributed by atoms with Crippen molar-refractivity contribution in [1.82, 2.24) is 9.80 Å². The lowest BCUT2D eigenvalue weighted by molar-refractivity contribution is -0.152. The van der Waals surface area contributed by atoms with Gasteiger partial charge in [-0.25, -0.2) is 0 Å². The van der Waals surface area contributed by atoms with E-state index >= 15 is 0 Å². The van der Waals surface area contributed by atoms with E-state index in [0.717, 1.165) is 38.3 Å². The van der Waals surface area contributed by atoms with Gasteiger partial charge in [0.2, 0.25) is 5.91 Å². The molecule has 23 heavy (non-hydrogen) atoms. The predicted molar refractivity (Wildman–Crippen MR) is 88.5 cm³/mol. The third-order valence-corrected chi connectivity index (χ3v) is 4.92. The summed E-state index contributed by atoms with van der Waals surface area (Å²) in [5.41, 5.74) is 0.864. The number of hydrogen-bond acceptors (Lipinski definition) is 4. The first kappa shape index (κ1) is 16.7. The van der Waals surface area contributed by atoms with Crippen molar-refractivity contribution in [2.24, 2.45) is 5.41 Å². The lowest BCUT2D eigenvalue weighted by atomic mass is 9.86.